The van der Waals surface area contributed by atoms with Crippen molar-refractivity contribution in [2.45, 2.75) is 77.8 Å². The summed E-state index contributed by atoms with van der Waals surface area (Å²) < 4.78 is 7.61. The van der Waals surface area contributed by atoms with Crippen molar-refractivity contribution in [1.29, 1.82) is 0 Å². The third-order valence-electron chi connectivity index (χ3n) is 6.00. The maximum absolute atomic E-state index is 12.9. The summed E-state index contributed by atoms with van der Waals surface area (Å²) >= 11 is 0. The van der Waals surface area contributed by atoms with Crippen molar-refractivity contribution in [3.63, 3.8) is 0 Å². The van der Waals surface area contributed by atoms with Crippen molar-refractivity contribution < 1.29 is 19.4 Å². The first-order chi connectivity index (χ1) is 14.8. The fraction of sp³-hybridized carbons (Fsp3) is 0.667. The van der Waals surface area contributed by atoms with E-state index in [-0.39, 0.29) is 61.3 Å². The molecule has 1 aliphatic rings. The topological polar surface area (TPSA) is 136 Å². The first kappa shape index (κ1) is 22.8. The van der Waals surface area contributed by atoms with Gasteiger partial charge in [0.15, 0.2) is 5.65 Å². The standard InChI is InChI=1S/C21H30N4O6/c1-4-9-24-16-15(17(27)25(10-5-2)20(24)30)22-18(23-16)21(19(28)29)8-7-13(12-21)11-14(26)31-6-3/h13H,4-12H2,1-3H3,(H,22,23)(H,28,29)/t13-,21-/m0/s1. The van der Waals surface area contributed by atoms with Gasteiger partial charge in [0.2, 0.25) is 0 Å². The van der Waals surface area contributed by atoms with E-state index in [0.717, 1.165) is 0 Å². The number of carboxylic acid groups (broad SMARTS) is 1. The van der Waals surface area contributed by atoms with Crippen LogP contribution in [0, 0.1) is 5.92 Å². The summed E-state index contributed by atoms with van der Waals surface area (Å²) in [7, 11) is 0. The Morgan fingerprint density at radius 3 is 2.48 bits per heavy atom. The molecule has 0 saturated heterocycles. The van der Waals surface area contributed by atoms with E-state index in [1.807, 2.05) is 13.8 Å². The molecule has 2 aromatic heterocycles. The number of H-pyrrole nitrogens is 1. The van der Waals surface area contributed by atoms with Crippen molar-refractivity contribution in [3.05, 3.63) is 26.7 Å². The van der Waals surface area contributed by atoms with E-state index in [4.69, 9.17) is 4.74 Å². The van der Waals surface area contributed by atoms with E-state index < -0.39 is 22.6 Å². The quantitative estimate of drug-likeness (QED) is 0.574. The van der Waals surface area contributed by atoms with Crippen molar-refractivity contribution in [2.24, 2.45) is 5.92 Å². The van der Waals surface area contributed by atoms with Gasteiger partial charge < -0.3 is 14.8 Å². The van der Waals surface area contributed by atoms with Crippen LogP contribution in [0.2, 0.25) is 0 Å². The maximum atomic E-state index is 12.9. The van der Waals surface area contributed by atoms with Crippen LogP contribution in [0.3, 0.4) is 0 Å². The Morgan fingerprint density at radius 2 is 1.87 bits per heavy atom. The summed E-state index contributed by atoms with van der Waals surface area (Å²) in [6.45, 7) is 6.44. The highest BCUT2D eigenvalue weighted by Crippen LogP contribution is 2.45. The summed E-state index contributed by atoms with van der Waals surface area (Å²) in [6.07, 6.45) is 2.45. The predicted octanol–water partition coefficient (Wildman–Crippen LogP) is 1.78. The number of carboxylic acids is 1. The second kappa shape index (κ2) is 9.07. The Hall–Kier alpha value is -2.91. The average Bonchev–Trinajstić information content (AvgIpc) is 3.34. The first-order valence-electron chi connectivity index (χ1n) is 10.9. The number of aryl methyl sites for hydroxylation is 1. The normalized spacial score (nSPS) is 20.9. The molecular weight excluding hydrogens is 404 g/mol. The zero-order valence-corrected chi connectivity index (χ0v) is 18.3. The van der Waals surface area contributed by atoms with Gasteiger partial charge in [-0.15, -0.1) is 0 Å². The molecule has 1 saturated carbocycles. The van der Waals surface area contributed by atoms with E-state index in [1.54, 1.807) is 6.92 Å². The number of rotatable bonds is 9. The number of carbonyl (C=O) groups excluding carboxylic acids is 1. The van der Waals surface area contributed by atoms with Gasteiger partial charge in [-0.2, -0.15) is 0 Å². The highest BCUT2D eigenvalue weighted by molar-refractivity contribution is 5.83. The van der Waals surface area contributed by atoms with Crippen LogP contribution in [0.1, 0.15) is 65.1 Å². The monoisotopic (exact) mass is 434 g/mol. The smallest absolute Gasteiger partial charge is 0.332 e. The molecule has 2 atom stereocenters. The van der Waals surface area contributed by atoms with Gasteiger partial charge in [0.25, 0.3) is 5.56 Å². The molecule has 0 bridgehead atoms. The van der Waals surface area contributed by atoms with E-state index in [2.05, 4.69) is 9.97 Å². The van der Waals surface area contributed by atoms with Gasteiger partial charge in [-0.05, 0) is 44.9 Å². The van der Waals surface area contributed by atoms with Crippen LogP contribution in [-0.4, -0.2) is 42.8 Å². The Morgan fingerprint density at radius 1 is 1.19 bits per heavy atom. The van der Waals surface area contributed by atoms with Gasteiger partial charge in [-0.1, -0.05) is 13.8 Å². The van der Waals surface area contributed by atoms with Crippen LogP contribution >= 0.6 is 0 Å². The molecule has 2 aromatic rings. The Kier molecular flexibility index (Phi) is 6.66. The van der Waals surface area contributed by atoms with E-state index in [9.17, 15) is 24.3 Å². The number of hydrogen-bond donors (Lipinski definition) is 2. The number of aromatic amines is 1. The fourth-order valence-electron chi connectivity index (χ4n) is 4.53. The SMILES string of the molecule is CCCn1c(=O)c2[nH]c([C@]3(C(=O)O)CC[C@@H](CC(=O)OCC)C3)nc2n(CCC)c1=O. The minimum atomic E-state index is -1.34. The summed E-state index contributed by atoms with van der Waals surface area (Å²) in [5.74, 6) is -1.40. The highest BCUT2D eigenvalue weighted by Gasteiger charge is 2.50. The van der Waals surface area contributed by atoms with Gasteiger partial charge in [-0.3, -0.25) is 23.5 Å². The molecule has 1 fully saturated rings. The van der Waals surface area contributed by atoms with Crippen LogP contribution in [0.25, 0.3) is 11.2 Å². The molecule has 3 rings (SSSR count). The number of ether oxygens (including phenoxy) is 1. The first-order valence-corrected chi connectivity index (χ1v) is 10.9. The molecule has 0 amide bonds. The number of carbonyl (C=O) groups is 2. The minimum Gasteiger partial charge on any atom is -0.480 e. The molecule has 2 heterocycles. The van der Waals surface area contributed by atoms with E-state index in [0.29, 0.717) is 25.8 Å². The number of fused-ring (bicyclic) bond motifs is 1. The number of hydrogen-bond acceptors (Lipinski definition) is 6. The molecule has 0 aliphatic heterocycles. The number of nitrogens with one attached hydrogen (secondary N) is 1. The second-order valence-corrected chi connectivity index (χ2v) is 8.18. The molecule has 10 heteroatoms. The molecular formula is C21H30N4O6. The molecule has 10 nitrogen and oxygen atoms in total. The summed E-state index contributed by atoms with van der Waals surface area (Å²) in [5, 5.41) is 10.1. The molecule has 1 aliphatic carbocycles. The van der Waals surface area contributed by atoms with Crippen molar-refractivity contribution in [2.75, 3.05) is 6.61 Å². The number of aliphatic carboxylic acids is 1. The Labute approximate surface area is 179 Å². The third-order valence-corrected chi connectivity index (χ3v) is 6.00. The van der Waals surface area contributed by atoms with E-state index in [1.165, 1.54) is 9.13 Å². The lowest BCUT2D eigenvalue weighted by Gasteiger charge is -2.21. The molecule has 31 heavy (non-hydrogen) atoms. The summed E-state index contributed by atoms with van der Waals surface area (Å²) in [4.78, 5) is 57.5. The van der Waals surface area contributed by atoms with E-state index >= 15 is 0 Å². The van der Waals surface area contributed by atoms with Crippen molar-refractivity contribution >= 4 is 23.1 Å². The number of esters is 1. The molecule has 0 radical (unpaired) electrons. The molecule has 170 valence electrons. The predicted molar refractivity (Wildman–Crippen MR) is 113 cm³/mol. The summed E-state index contributed by atoms with van der Waals surface area (Å²) in [5.41, 5.74) is -1.94. The zero-order chi connectivity index (χ0) is 22.8. The molecule has 0 unspecified atom stereocenters. The van der Waals surface area contributed by atoms with Gasteiger partial charge in [0, 0.05) is 19.5 Å². The van der Waals surface area contributed by atoms with Crippen LogP contribution in [0.15, 0.2) is 9.59 Å². The van der Waals surface area contributed by atoms with Crippen LogP contribution < -0.4 is 11.2 Å². The lowest BCUT2D eigenvalue weighted by Crippen LogP contribution is -2.40. The third kappa shape index (κ3) is 4.03. The second-order valence-electron chi connectivity index (χ2n) is 8.18. The molecule has 0 spiro atoms. The molecule has 0 aromatic carbocycles. The van der Waals surface area contributed by atoms with Crippen molar-refractivity contribution in [3.8, 4) is 0 Å². The lowest BCUT2D eigenvalue weighted by atomic mass is 9.84. The number of aromatic nitrogens is 4. The number of imidazole rings is 1. The average molecular weight is 434 g/mol. The fourth-order valence-corrected chi connectivity index (χ4v) is 4.53. The maximum Gasteiger partial charge on any atom is 0.332 e. The lowest BCUT2D eigenvalue weighted by molar-refractivity contribution is -0.146. The van der Waals surface area contributed by atoms with Crippen LogP contribution in [-0.2, 0) is 32.8 Å². The van der Waals surface area contributed by atoms with Gasteiger partial charge in [0.05, 0.1) is 6.61 Å². The Balaban J connectivity index is 2.10. The summed E-state index contributed by atoms with van der Waals surface area (Å²) in [6, 6.07) is 0. The largest absolute Gasteiger partial charge is 0.480 e. The van der Waals surface area contributed by atoms with Gasteiger partial charge in [-0.25, -0.2) is 9.78 Å². The Bertz CT molecular complexity index is 1100. The number of nitrogens with zero attached hydrogens (tertiary/aromatic N) is 3. The zero-order valence-electron chi connectivity index (χ0n) is 18.3. The van der Waals surface area contributed by atoms with Crippen LogP contribution in [0.5, 0.6) is 0 Å². The minimum absolute atomic E-state index is 0.144. The van der Waals surface area contributed by atoms with Crippen LogP contribution in [0.4, 0.5) is 0 Å². The molecule has 2 N–H and O–H groups in total. The van der Waals surface area contributed by atoms with Crippen molar-refractivity contribution in [1.82, 2.24) is 19.1 Å². The highest BCUT2D eigenvalue weighted by atomic mass is 16.5. The van der Waals surface area contributed by atoms with Gasteiger partial charge >= 0.3 is 17.6 Å². The van der Waals surface area contributed by atoms with Gasteiger partial charge in [0.1, 0.15) is 16.8 Å².